The van der Waals surface area contributed by atoms with Gasteiger partial charge in [-0.3, -0.25) is 9.59 Å². The first-order valence-corrected chi connectivity index (χ1v) is 9.32. The molecule has 0 radical (unpaired) electrons. The third kappa shape index (κ3) is 4.45. The van der Waals surface area contributed by atoms with Crippen LogP contribution in [0.25, 0.3) is 0 Å². The van der Waals surface area contributed by atoms with Gasteiger partial charge >= 0.3 is 6.18 Å². The van der Waals surface area contributed by atoms with Crippen molar-refractivity contribution in [3.63, 3.8) is 0 Å². The Hall–Kier alpha value is -2.40. The van der Waals surface area contributed by atoms with Crippen LogP contribution in [0.2, 0.25) is 0 Å². The van der Waals surface area contributed by atoms with Crippen LogP contribution in [0.15, 0.2) is 12.3 Å². The highest BCUT2D eigenvalue weighted by Crippen LogP contribution is 2.39. The summed E-state index contributed by atoms with van der Waals surface area (Å²) in [6.07, 6.45) is -3.60. The molecular weight excluding hydrogens is 391 g/mol. The van der Waals surface area contributed by atoms with Gasteiger partial charge in [-0.15, -0.1) is 0 Å². The van der Waals surface area contributed by atoms with E-state index >= 15 is 0 Å². The van der Waals surface area contributed by atoms with Gasteiger partial charge < -0.3 is 25.2 Å². The zero-order valence-electron chi connectivity index (χ0n) is 16.3. The van der Waals surface area contributed by atoms with Crippen LogP contribution in [0.5, 0.6) is 0 Å². The van der Waals surface area contributed by atoms with Gasteiger partial charge in [-0.2, -0.15) is 13.2 Å². The summed E-state index contributed by atoms with van der Waals surface area (Å²) in [6.45, 7) is 3.20. The molecule has 8 nitrogen and oxygen atoms in total. The van der Waals surface area contributed by atoms with Crippen molar-refractivity contribution in [1.29, 1.82) is 0 Å². The highest BCUT2D eigenvalue weighted by molar-refractivity contribution is 6.05. The molecule has 0 bridgehead atoms. The summed E-state index contributed by atoms with van der Waals surface area (Å²) in [4.78, 5) is 33.6. The molecule has 1 saturated heterocycles. The predicted molar refractivity (Wildman–Crippen MR) is 99.4 cm³/mol. The molecule has 11 heteroatoms. The number of amides is 2. The van der Waals surface area contributed by atoms with Crippen LogP contribution in [0.1, 0.15) is 18.9 Å². The molecule has 2 N–H and O–H groups in total. The minimum atomic E-state index is -4.54. The van der Waals surface area contributed by atoms with Crippen LogP contribution in [0.4, 0.5) is 24.7 Å². The van der Waals surface area contributed by atoms with Crippen molar-refractivity contribution in [1.82, 2.24) is 9.88 Å². The number of pyridine rings is 1. The molecule has 1 fully saturated rings. The van der Waals surface area contributed by atoms with Crippen LogP contribution in [-0.2, 0) is 20.5 Å². The number of halogens is 3. The Labute approximate surface area is 166 Å². The lowest BCUT2D eigenvalue weighted by molar-refractivity contribution is -0.138. The average molecular weight is 415 g/mol. The lowest BCUT2D eigenvalue weighted by Gasteiger charge is -2.46. The number of rotatable bonds is 5. The number of piperazine rings is 1. The molecule has 2 aliphatic rings. The van der Waals surface area contributed by atoms with E-state index in [-0.39, 0.29) is 43.1 Å². The SMILES string of the molecule is CC(N)COCCC(=O)N1CCN2c3ncc(C(F)(F)F)cc3N(C)C(=O)C2C1. The molecule has 2 amide bonds. The van der Waals surface area contributed by atoms with Crippen LogP contribution < -0.4 is 15.5 Å². The number of hydrogen-bond donors (Lipinski definition) is 1. The first kappa shape index (κ1) is 21.3. The Morgan fingerprint density at radius 3 is 2.79 bits per heavy atom. The number of anilines is 2. The Bertz CT molecular complexity index is 786. The number of carbonyl (C=O) groups excluding carboxylic acids is 2. The summed E-state index contributed by atoms with van der Waals surface area (Å²) >= 11 is 0. The molecule has 1 aromatic heterocycles. The molecule has 2 atom stereocenters. The van der Waals surface area contributed by atoms with Crippen LogP contribution in [-0.4, -0.2) is 73.7 Å². The number of nitrogens with two attached hydrogens (primary N) is 1. The topological polar surface area (TPSA) is 92.0 Å². The Morgan fingerprint density at radius 2 is 2.14 bits per heavy atom. The lowest BCUT2D eigenvalue weighted by Crippen LogP contribution is -2.63. The molecule has 0 aromatic carbocycles. The molecular formula is C18H24F3N5O3. The maximum Gasteiger partial charge on any atom is 0.417 e. The molecule has 2 aliphatic heterocycles. The van der Waals surface area contributed by atoms with Crippen molar-refractivity contribution in [3.8, 4) is 0 Å². The monoisotopic (exact) mass is 415 g/mol. The van der Waals surface area contributed by atoms with Crippen molar-refractivity contribution in [2.75, 3.05) is 49.7 Å². The maximum atomic E-state index is 13.0. The fourth-order valence-corrected chi connectivity index (χ4v) is 3.47. The van der Waals surface area contributed by atoms with Gasteiger partial charge in [0.05, 0.1) is 37.4 Å². The number of fused-ring (bicyclic) bond motifs is 3. The number of aromatic nitrogens is 1. The normalized spacial score (nSPS) is 20.4. The van der Waals surface area contributed by atoms with Gasteiger partial charge in [0.15, 0.2) is 5.82 Å². The molecule has 0 saturated carbocycles. The maximum absolute atomic E-state index is 13.0. The van der Waals surface area contributed by atoms with Crippen molar-refractivity contribution in [2.24, 2.45) is 5.73 Å². The van der Waals surface area contributed by atoms with Crippen molar-refractivity contribution in [3.05, 3.63) is 17.8 Å². The molecule has 2 unspecified atom stereocenters. The third-order valence-corrected chi connectivity index (χ3v) is 5.00. The van der Waals surface area contributed by atoms with Crippen LogP contribution >= 0.6 is 0 Å². The van der Waals surface area contributed by atoms with Crippen molar-refractivity contribution < 1.29 is 27.5 Å². The van der Waals surface area contributed by atoms with Gasteiger partial charge in [0.2, 0.25) is 5.91 Å². The van der Waals surface area contributed by atoms with E-state index in [9.17, 15) is 22.8 Å². The van der Waals surface area contributed by atoms with Gasteiger partial charge in [-0.05, 0) is 13.0 Å². The minimum Gasteiger partial charge on any atom is -0.379 e. The summed E-state index contributed by atoms with van der Waals surface area (Å²) in [6, 6.07) is 0.137. The van der Waals surface area contributed by atoms with E-state index in [4.69, 9.17) is 10.5 Å². The molecule has 29 heavy (non-hydrogen) atoms. The number of ether oxygens (including phenoxy) is 1. The highest BCUT2D eigenvalue weighted by Gasteiger charge is 2.43. The van der Waals surface area contributed by atoms with E-state index < -0.39 is 17.8 Å². The highest BCUT2D eigenvalue weighted by atomic mass is 19.4. The number of hydrogen-bond acceptors (Lipinski definition) is 6. The average Bonchev–Trinajstić information content (AvgIpc) is 2.67. The second-order valence-electron chi connectivity index (χ2n) is 7.31. The largest absolute Gasteiger partial charge is 0.417 e. The second-order valence-corrected chi connectivity index (χ2v) is 7.31. The van der Waals surface area contributed by atoms with Crippen LogP contribution in [0.3, 0.4) is 0 Å². The van der Waals surface area contributed by atoms with Gasteiger partial charge in [0.25, 0.3) is 5.91 Å². The third-order valence-electron chi connectivity index (χ3n) is 5.00. The molecule has 3 rings (SSSR count). The zero-order chi connectivity index (χ0) is 21.3. The van der Waals surface area contributed by atoms with E-state index in [1.165, 1.54) is 11.9 Å². The summed E-state index contributed by atoms with van der Waals surface area (Å²) in [5.41, 5.74) is 4.80. The van der Waals surface area contributed by atoms with Gasteiger partial charge in [-0.1, -0.05) is 0 Å². The summed E-state index contributed by atoms with van der Waals surface area (Å²) in [5, 5.41) is 0. The Morgan fingerprint density at radius 1 is 1.41 bits per heavy atom. The smallest absolute Gasteiger partial charge is 0.379 e. The van der Waals surface area contributed by atoms with E-state index in [1.807, 2.05) is 0 Å². The molecule has 160 valence electrons. The Kier molecular flexibility index (Phi) is 5.99. The van der Waals surface area contributed by atoms with E-state index in [0.717, 1.165) is 12.3 Å². The molecule has 0 spiro atoms. The minimum absolute atomic E-state index is 0.116. The standard InChI is InChI=1S/C18H24F3N5O3/c1-11(22)10-29-6-3-15(27)25-4-5-26-14(9-25)17(28)24(2)13-7-12(18(19,20)21)8-23-16(13)26/h7-8,11,14H,3-6,9-10,22H2,1-2H3. The molecule has 0 aliphatic carbocycles. The number of carbonyl (C=O) groups is 2. The van der Waals surface area contributed by atoms with E-state index in [0.29, 0.717) is 25.5 Å². The van der Waals surface area contributed by atoms with Gasteiger partial charge in [0.1, 0.15) is 6.04 Å². The fourth-order valence-electron chi connectivity index (χ4n) is 3.47. The molecule has 3 heterocycles. The van der Waals surface area contributed by atoms with Gasteiger partial charge in [0, 0.05) is 32.4 Å². The second kappa shape index (κ2) is 8.15. The lowest BCUT2D eigenvalue weighted by atomic mass is 10.0. The number of likely N-dealkylation sites (N-methyl/N-ethyl adjacent to an activating group) is 1. The zero-order valence-corrected chi connectivity index (χ0v) is 16.3. The van der Waals surface area contributed by atoms with E-state index in [1.54, 1.807) is 16.7 Å². The first-order chi connectivity index (χ1) is 13.6. The Balaban J connectivity index is 1.71. The number of alkyl halides is 3. The van der Waals surface area contributed by atoms with Crippen molar-refractivity contribution >= 4 is 23.3 Å². The van der Waals surface area contributed by atoms with Crippen molar-refractivity contribution in [2.45, 2.75) is 31.6 Å². The fraction of sp³-hybridized carbons (Fsp3) is 0.611. The van der Waals surface area contributed by atoms with E-state index in [2.05, 4.69) is 4.98 Å². The quantitative estimate of drug-likeness (QED) is 0.717. The first-order valence-electron chi connectivity index (χ1n) is 9.32. The van der Waals surface area contributed by atoms with Crippen LogP contribution in [0, 0.1) is 0 Å². The predicted octanol–water partition coefficient (Wildman–Crippen LogP) is 0.848. The summed E-state index contributed by atoms with van der Waals surface area (Å²) < 4.78 is 44.4. The molecule has 1 aromatic rings. The summed E-state index contributed by atoms with van der Waals surface area (Å²) in [5.74, 6) is -0.197. The van der Waals surface area contributed by atoms with Gasteiger partial charge in [-0.25, -0.2) is 4.98 Å². The summed E-state index contributed by atoms with van der Waals surface area (Å²) in [7, 11) is 1.42. The number of nitrogens with zero attached hydrogens (tertiary/aromatic N) is 4.